The lowest BCUT2D eigenvalue weighted by atomic mass is 9.74. The van der Waals surface area contributed by atoms with Gasteiger partial charge in [0.2, 0.25) is 0 Å². The van der Waals surface area contributed by atoms with Crippen molar-refractivity contribution in [3.8, 4) is 50.3 Å². The molecular formula is C74H63NO. The van der Waals surface area contributed by atoms with Crippen molar-refractivity contribution in [2.24, 2.45) is 0 Å². The van der Waals surface area contributed by atoms with E-state index in [2.05, 4.69) is 290 Å². The Morgan fingerprint density at radius 2 is 1.04 bits per heavy atom. The summed E-state index contributed by atoms with van der Waals surface area (Å²) in [6.07, 6.45) is 5.52. The van der Waals surface area contributed by atoms with Gasteiger partial charge < -0.3 is 9.64 Å². The molecule has 0 saturated heterocycles. The van der Waals surface area contributed by atoms with Crippen LogP contribution in [0.1, 0.15) is 99.7 Å². The molecule has 2 aliphatic carbocycles. The summed E-state index contributed by atoms with van der Waals surface area (Å²) in [6.45, 7) is 16.4. The predicted octanol–water partition coefficient (Wildman–Crippen LogP) is 20.1. The van der Waals surface area contributed by atoms with Crippen LogP contribution in [0.15, 0.2) is 242 Å². The molecule has 0 radical (unpaired) electrons. The summed E-state index contributed by atoms with van der Waals surface area (Å²) in [6, 6.07) is 83.7. The Morgan fingerprint density at radius 3 is 1.76 bits per heavy atom. The van der Waals surface area contributed by atoms with E-state index in [4.69, 9.17) is 4.74 Å². The summed E-state index contributed by atoms with van der Waals surface area (Å²) in [7, 11) is 0. The number of rotatable bonds is 8. The number of para-hydroxylation sites is 3. The minimum Gasteiger partial charge on any atom is -0.460 e. The van der Waals surface area contributed by atoms with Crippen LogP contribution in [0.4, 0.5) is 17.1 Å². The molecule has 3 aliphatic rings. The molecule has 0 amide bonds. The number of nitrogens with zero attached hydrogens (tertiary/aromatic N) is 1. The topological polar surface area (TPSA) is 12.5 Å². The van der Waals surface area contributed by atoms with Crippen LogP contribution < -0.4 is 9.64 Å². The third kappa shape index (κ3) is 7.85. The van der Waals surface area contributed by atoms with E-state index in [1.165, 1.54) is 83.1 Å². The first kappa shape index (κ1) is 47.3. The third-order valence-corrected chi connectivity index (χ3v) is 16.6. The molecule has 0 saturated carbocycles. The molecule has 0 N–H and O–H groups in total. The number of hydrogen-bond donors (Lipinski definition) is 0. The number of benzene rings is 10. The standard InChI is InChI=1S/C74H63NO/c1-72(2,3)53-44-51(45-54(47-53)73(4,5)6)56-30-19-22-49-23-20-31-62(70(49)56)59-27-12-16-35-67(59)75(68-36-17-13-28-60(68)63-32-21-33-64-61-29-14-18-37-69(61)76-71(63)64)55-41-38-48(39-42-55)50-40-43-58-57-26-11-15-34-65(57)74(7,66(58)46-50)52-24-9-8-10-25-52/h8-32,34-47,64H,33H2,1-7H3. The predicted molar refractivity (Wildman–Crippen MR) is 320 cm³/mol. The maximum atomic E-state index is 6.85. The highest BCUT2D eigenvalue weighted by molar-refractivity contribution is 6.09. The molecule has 1 aliphatic heterocycles. The monoisotopic (exact) mass is 981 g/mol. The van der Waals surface area contributed by atoms with E-state index in [1.807, 2.05) is 0 Å². The zero-order chi connectivity index (χ0) is 51.9. The highest BCUT2D eigenvalue weighted by atomic mass is 16.5. The Bertz CT molecular complexity index is 3930. The van der Waals surface area contributed by atoms with Crippen LogP contribution in [0.5, 0.6) is 5.75 Å². The average molecular weight is 982 g/mol. The van der Waals surface area contributed by atoms with Crippen molar-refractivity contribution in [1.29, 1.82) is 0 Å². The number of ether oxygens (including phenoxy) is 1. The van der Waals surface area contributed by atoms with Crippen LogP contribution in [-0.2, 0) is 16.2 Å². The van der Waals surface area contributed by atoms with Gasteiger partial charge in [0, 0.05) is 39.3 Å². The van der Waals surface area contributed by atoms with E-state index in [0.29, 0.717) is 0 Å². The molecule has 0 bridgehead atoms. The van der Waals surface area contributed by atoms with Gasteiger partial charge >= 0.3 is 0 Å². The molecule has 2 atom stereocenters. The van der Waals surface area contributed by atoms with Gasteiger partial charge in [-0.15, -0.1) is 0 Å². The van der Waals surface area contributed by atoms with E-state index < -0.39 is 0 Å². The lowest BCUT2D eigenvalue weighted by Crippen LogP contribution is -2.22. The van der Waals surface area contributed by atoms with Crippen LogP contribution in [-0.4, -0.2) is 0 Å². The number of fused-ring (bicyclic) bond motifs is 7. The van der Waals surface area contributed by atoms with Crippen LogP contribution in [0.2, 0.25) is 0 Å². The van der Waals surface area contributed by atoms with Crippen molar-refractivity contribution >= 4 is 33.4 Å². The molecule has 2 unspecified atom stereocenters. The number of allylic oxidation sites excluding steroid dienone is 4. The minimum absolute atomic E-state index is 0.0230. The molecule has 0 aromatic heterocycles. The highest BCUT2D eigenvalue weighted by Gasteiger charge is 2.41. The Labute approximate surface area is 449 Å². The van der Waals surface area contributed by atoms with E-state index in [9.17, 15) is 0 Å². The van der Waals surface area contributed by atoms with E-state index in [1.54, 1.807) is 0 Å². The Morgan fingerprint density at radius 1 is 0.461 bits per heavy atom. The van der Waals surface area contributed by atoms with E-state index in [-0.39, 0.29) is 22.2 Å². The number of anilines is 3. The highest BCUT2D eigenvalue weighted by Crippen LogP contribution is 2.55. The molecule has 2 heteroatoms. The summed E-state index contributed by atoms with van der Waals surface area (Å²) in [5, 5.41) is 2.46. The van der Waals surface area contributed by atoms with Crippen molar-refractivity contribution in [3.63, 3.8) is 0 Å². The van der Waals surface area contributed by atoms with Gasteiger partial charge in [0.05, 0.1) is 11.4 Å². The van der Waals surface area contributed by atoms with Crippen molar-refractivity contribution in [1.82, 2.24) is 0 Å². The quantitative estimate of drug-likeness (QED) is 0.150. The third-order valence-electron chi connectivity index (χ3n) is 16.6. The molecule has 0 spiro atoms. The van der Waals surface area contributed by atoms with E-state index >= 15 is 0 Å². The van der Waals surface area contributed by atoms with Gasteiger partial charge in [-0.2, -0.15) is 0 Å². The molecule has 76 heavy (non-hydrogen) atoms. The van der Waals surface area contributed by atoms with Crippen LogP contribution in [0.3, 0.4) is 0 Å². The second-order valence-corrected chi connectivity index (χ2v) is 23.3. The smallest absolute Gasteiger partial charge is 0.130 e. The Hall–Kier alpha value is -8.46. The van der Waals surface area contributed by atoms with Crippen LogP contribution in [0.25, 0.3) is 60.9 Å². The lowest BCUT2D eigenvalue weighted by Gasteiger charge is -2.31. The van der Waals surface area contributed by atoms with Gasteiger partial charge in [-0.25, -0.2) is 0 Å². The van der Waals surface area contributed by atoms with Crippen molar-refractivity contribution in [2.45, 2.75) is 77.0 Å². The maximum Gasteiger partial charge on any atom is 0.130 e. The second-order valence-electron chi connectivity index (χ2n) is 23.3. The average Bonchev–Trinajstić information content (AvgIpc) is 4.11. The van der Waals surface area contributed by atoms with Crippen LogP contribution in [0, 0.1) is 0 Å². The minimum atomic E-state index is -0.286. The van der Waals surface area contributed by atoms with Gasteiger partial charge in [0.15, 0.2) is 0 Å². The van der Waals surface area contributed by atoms with Crippen molar-refractivity contribution < 1.29 is 4.74 Å². The summed E-state index contributed by atoms with van der Waals surface area (Å²) in [5.74, 6) is 2.14. The largest absolute Gasteiger partial charge is 0.460 e. The molecule has 10 aromatic carbocycles. The molecular weight excluding hydrogens is 919 g/mol. The summed E-state index contributed by atoms with van der Waals surface area (Å²) in [5.41, 5.74) is 22.9. The summed E-state index contributed by atoms with van der Waals surface area (Å²) < 4.78 is 6.85. The fraction of sp³-hybridized carbons (Fsp3) is 0.162. The fourth-order valence-electron chi connectivity index (χ4n) is 12.5. The Kier molecular flexibility index (Phi) is 11.3. The zero-order valence-corrected chi connectivity index (χ0v) is 44.7. The van der Waals surface area contributed by atoms with Crippen LogP contribution >= 0.6 is 0 Å². The van der Waals surface area contributed by atoms with E-state index in [0.717, 1.165) is 51.7 Å². The normalized spacial score (nSPS) is 16.5. The van der Waals surface area contributed by atoms with Gasteiger partial charge in [0.1, 0.15) is 11.5 Å². The molecule has 0 fully saturated rings. The fourth-order valence-corrected chi connectivity index (χ4v) is 12.5. The SMILES string of the molecule is CC(C)(C)c1cc(-c2cccc3cccc(-c4ccccc4N(c4ccc(-c5ccc6c(c5)C(C)(c5ccccc5)c5ccccc5-6)cc4)c4ccccc4C4=C5Oc6ccccc6C5CC=C4)c23)cc(C(C)(C)C)c1. The van der Waals surface area contributed by atoms with Gasteiger partial charge in [0.25, 0.3) is 0 Å². The van der Waals surface area contributed by atoms with Crippen molar-refractivity contribution in [3.05, 3.63) is 281 Å². The zero-order valence-electron chi connectivity index (χ0n) is 44.7. The second kappa shape index (κ2) is 18.1. The first-order valence-electron chi connectivity index (χ1n) is 27.1. The number of hydrogen-bond acceptors (Lipinski definition) is 2. The molecule has 370 valence electrons. The van der Waals surface area contributed by atoms with Crippen molar-refractivity contribution in [2.75, 3.05) is 4.90 Å². The molecule has 2 nitrogen and oxygen atoms in total. The molecule has 1 heterocycles. The molecule has 13 rings (SSSR count). The summed E-state index contributed by atoms with van der Waals surface area (Å²) >= 11 is 0. The Balaban J connectivity index is 1.000. The first-order chi connectivity index (χ1) is 36.8. The summed E-state index contributed by atoms with van der Waals surface area (Å²) in [4.78, 5) is 2.49. The maximum absolute atomic E-state index is 6.85. The first-order valence-corrected chi connectivity index (χ1v) is 27.1. The lowest BCUT2D eigenvalue weighted by molar-refractivity contribution is 0.429. The van der Waals surface area contributed by atoms with Gasteiger partial charge in [-0.1, -0.05) is 242 Å². The van der Waals surface area contributed by atoms with Gasteiger partial charge in [-0.05, 0) is 138 Å². The van der Waals surface area contributed by atoms with Gasteiger partial charge in [-0.3, -0.25) is 0 Å². The molecule has 10 aromatic rings.